The minimum Gasteiger partial charge on any atom is -0.378 e. The second kappa shape index (κ2) is 6.96. The summed E-state index contributed by atoms with van der Waals surface area (Å²) in [6, 6.07) is 9.32. The Balaban J connectivity index is 1.53. The number of ether oxygens (including phenoxy) is 1. The van der Waals surface area contributed by atoms with Crippen LogP contribution in [-0.4, -0.2) is 41.1 Å². The number of rotatable bonds is 5. The van der Waals surface area contributed by atoms with Gasteiger partial charge in [0.25, 0.3) is 0 Å². The second-order valence-electron chi connectivity index (χ2n) is 6.59. The summed E-state index contributed by atoms with van der Waals surface area (Å²) < 4.78 is 33.4. The maximum atomic E-state index is 13.4. The van der Waals surface area contributed by atoms with Crippen LogP contribution in [-0.2, 0) is 4.74 Å². The highest BCUT2D eigenvalue weighted by Crippen LogP contribution is 2.28. The van der Waals surface area contributed by atoms with E-state index in [-0.39, 0.29) is 11.8 Å². The van der Waals surface area contributed by atoms with Gasteiger partial charge in [-0.2, -0.15) is 4.98 Å². The fourth-order valence-corrected chi connectivity index (χ4v) is 3.06. The van der Waals surface area contributed by atoms with Gasteiger partial charge < -0.3 is 15.0 Å². The normalized spacial score (nSPS) is 14.3. The molecule has 3 aromatic rings. The van der Waals surface area contributed by atoms with Gasteiger partial charge in [0.2, 0.25) is 5.95 Å². The Morgan fingerprint density at radius 1 is 1.04 bits per heavy atom. The van der Waals surface area contributed by atoms with Crippen LogP contribution in [0.1, 0.15) is 5.56 Å². The van der Waals surface area contributed by atoms with Crippen LogP contribution in [0.15, 0.2) is 42.7 Å². The average Bonchev–Trinajstić information content (AvgIpc) is 3.01. The molecule has 140 valence electrons. The SMILES string of the molecule is COC1CN(c2cc(C)cc(Nc3ncn(-c4cc(F)cc(F)c4)n3)c2)C1. The van der Waals surface area contributed by atoms with Crippen molar-refractivity contribution in [3.8, 4) is 5.69 Å². The highest BCUT2D eigenvalue weighted by Gasteiger charge is 2.26. The number of methoxy groups -OCH3 is 1. The number of halogens is 2. The third-order valence-electron chi connectivity index (χ3n) is 4.47. The Morgan fingerprint density at radius 3 is 2.48 bits per heavy atom. The summed E-state index contributed by atoms with van der Waals surface area (Å²) >= 11 is 0. The van der Waals surface area contributed by atoms with Crippen molar-refractivity contribution in [2.24, 2.45) is 0 Å². The number of hydrogen-bond donors (Lipinski definition) is 1. The van der Waals surface area contributed by atoms with Gasteiger partial charge in [0.05, 0.1) is 11.8 Å². The smallest absolute Gasteiger partial charge is 0.246 e. The zero-order chi connectivity index (χ0) is 19.0. The Morgan fingerprint density at radius 2 is 1.78 bits per heavy atom. The molecule has 0 unspecified atom stereocenters. The van der Waals surface area contributed by atoms with E-state index in [0.29, 0.717) is 5.95 Å². The van der Waals surface area contributed by atoms with Crippen LogP contribution in [0.5, 0.6) is 0 Å². The molecular formula is C19H19F2N5O. The summed E-state index contributed by atoms with van der Waals surface area (Å²) in [6.45, 7) is 3.73. The van der Waals surface area contributed by atoms with Crippen molar-refractivity contribution in [2.45, 2.75) is 13.0 Å². The molecule has 0 aliphatic carbocycles. The molecule has 0 saturated carbocycles. The molecule has 0 radical (unpaired) electrons. The Hall–Kier alpha value is -3.00. The van der Waals surface area contributed by atoms with Crippen LogP contribution in [0.4, 0.5) is 26.1 Å². The lowest BCUT2D eigenvalue weighted by molar-refractivity contribution is 0.0788. The van der Waals surface area contributed by atoms with Crippen LogP contribution >= 0.6 is 0 Å². The molecule has 1 fully saturated rings. The zero-order valence-electron chi connectivity index (χ0n) is 15.0. The molecule has 27 heavy (non-hydrogen) atoms. The van der Waals surface area contributed by atoms with Crippen molar-refractivity contribution < 1.29 is 13.5 Å². The first-order valence-electron chi connectivity index (χ1n) is 8.55. The van der Waals surface area contributed by atoms with Gasteiger partial charge in [-0.05, 0) is 42.8 Å². The predicted octanol–water partition coefficient (Wildman–Crippen LogP) is 3.43. The molecule has 0 amide bonds. The molecule has 0 atom stereocenters. The number of aryl methyl sites for hydroxylation is 1. The van der Waals surface area contributed by atoms with Gasteiger partial charge in [0.15, 0.2) is 0 Å². The van der Waals surface area contributed by atoms with E-state index in [1.807, 2.05) is 19.1 Å². The van der Waals surface area contributed by atoms with E-state index in [2.05, 4.69) is 26.4 Å². The summed E-state index contributed by atoms with van der Waals surface area (Å²) in [4.78, 5) is 6.40. The Labute approximate surface area is 155 Å². The number of nitrogens with one attached hydrogen (secondary N) is 1. The molecule has 8 heteroatoms. The van der Waals surface area contributed by atoms with Crippen LogP contribution in [0.3, 0.4) is 0 Å². The van der Waals surface area contributed by atoms with E-state index in [9.17, 15) is 8.78 Å². The van der Waals surface area contributed by atoms with E-state index in [4.69, 9.17) is 4.74 Å². The van der Waals surface area contributed by atoms with Gasteiger partial charge >= 0.3 is 0 Å². The standard InChI is InChI=1S/C19H19F2N5O/c1-12-3-15(8-16(4-12)25-9-18(10-25)27-2)23-19-22-11-26(24-19)17-6-13(20)5-14(21)7-17/h3-8,11,18H,9-10H2,1-2H3,(H,23,24). The molecule has 1 saturated heterocycles. The third-order valence-corrected chi connectivity index (χ3v) is 4.47. The van der Waals surface area contributed by atoms with Crippen molar-refractivity contribution in [1.29, 1.82) is 0 Å². The lowest BCUT2D eigenvalue weighted by Gasteiger charge is -2.40. The highest BCUT2D eigenvalue weighted by molar-refractivity contribution is 5.64. The minimum absolute atomic E-state index is 0.268. The first-order valence-corrected chi connectivity index (χ1v) is 8.55. The van der Waals surface area contributed by atoms with E-state index >= 15 is 0 Å². The molecule has 4 rings (SSSR count). The van der Waals surface area contributed by atoms with Crippen molar-refractivity contribution in [1.82, 2.24) is 14.8 Å². The van der Waals surface area contributed by atoms with Crippen molar-refractivity contribution in [2.75, 3.05) is 30.4 Å². The predicted molar refractivity (Wildman–Crippen MR) is 98.7 cm³/mol. The molecule has 2 heterocycles. The number of benzene rings is 2. The molecule has 0 bridgehead atoms. The van der Waals surface area contributed by atoms with Gasteiger partial charge in [-0.3, -0.25) is 0 Å². The molecular weight excluding hydrogens is 352 g/mol. The molecule has 2 aromatic carbocycles. The molecule has 1 aliphatic heterocycles. The summed E-state index contributed by atoms with van der Waals surface area (Å²) in [5, 5.41) is 7.39. The third kappa shape index (κ3) is 3.75. The first-order chi connectivity index (χ1) is 13.0. The van der Waals surface area contributed by atoms with Crippen LogP contribution in [0.2, 0.25) is 0 Å². The van der Waals surface area contributed by atoms with E-state index in [1.165, 1.54) is 23.1 Å². The largest absolute Gasteiger partial charge is 0.378 e. The zero-order valence-corrected chi connectivity index (χ0v) is 15.0. The van der Waals surface area contributed by atoms with Gasteiger partial charge in [0.1, 0.15) is 18.0 Å². The minimum atomic E-state index is -0.665. The average molecular weight is 371 g/mol. The quantitative estimate of drug-likeness (QED) is 0.745. The number of nitrogens with zero attached hydrogens (tertiary/aromatic N) is 4. The summed E-state index contributed by atoms with van der Waals surface area (Å²) in [5.41, 5.74) is 3.30. The topological polar surface area (TPSA) is 55.2 Å². The van der Waals surface area contributed by atoms with E-state index < -0.39 is 11.6 Å². The molecule has 6 nitrogen and oxygen atoms in total. The van der Waals surface area contributed by atoms with Crippen molar-refractivity contribution in [3.05, 3.63) is 59.9 Å². The molecule has 0 spiro atoms. The van der Waals surface area contributed by atoms with E-state index in [0.717, 1.165) is 36.1 Å². The summed E-state index contributed by atoms with van der Waals surface area (Å²) in [5.74, 6) is -0.987. The number of anilines is 3. The van der Waals surface area contributed by atoms with Crippen LogP contribution in [0, 0.1) is 18.6 Å². The monoisotopic (exact) mass is 371 g/mol. The lowest BCUT2D eigenvalue weighted by atomic mass is 10.1. The summed E-state index contributed by atoms with van der Waals surface area (Å²) in [7, 11) is 1.72. The van der Waals surface area contributed by atoms with Crippen molar-refractivity contribution in [3.63, 3.8) is 0 Å². The lowest BCUT2D eigenvalue weighted by Crippen LogP contribution is -2.51. The van der Waals surface area contributed by atoms with Crippen LogP contribution < -0.4 is 10.2 Å². The number of aromatic nitrogens is 3. The molecule has 1 aromatic heterocycles. The fourth-order valence-electron chi connectivity index (χ4n) is 3.06. The second-order valence-corrected chi connectivity index (χ2v) is 6.59. The maximum absolute atomic E-state index is 13.4. The van der Waals surface area contributed by atoms with Crippen LogP contribution in [0.25, 0.3) is 5.69 Å². The fraction of sp³-hybridized carbons (Fsp3) is 0.263. The summed E-state index contributed by atoms with van der Waals surface area (Å²) in [6.07, 6.45) is 1.68. The Kier molecular flexibility index (Phi) is 4.49. The van der Waals surface area contributed by atoms with Gasteiger partial charge in [0, 0.05) is 37.6 Å². The van der Waals surface area contributed by atoms with Gasteiger partial charge in [-0.15, -0.1) is 5.10 Å². The van der Waals surface area contributed by atoms with Gasteiger partial charge in [-0.1, -0.05) is 0 Å². The first kappa shape index (κ1) is 17.4. The number of hydrogen-bond acceptors (Lipinski definition) is 5. The highest BCUT2D eigenvalue weighted by atomic mass is 19.1. The van der Waals surface area contributed by atoms with E-state index in [1.54, 1.807) is 7.11 Å². The molecule has 1 N–H and O–H groups in total. The van der Waals surface area contributed by atoms with Crippen molar-refractivity contribution >= 4 is 17.3 Å². The Bertz CT molecular complexity index is 948. The van der Waals surface area contributed by atoms with Gasteiger partial charge in [-0.25, -0.2) is 13.5 Å². The molecule has 1 aliphatic rings. The maximum Gasteiger partial charge on any atom is 0.246 e.